The summed E-state index contributed by atoms with van der Waals surface area (Å²) in [6.45, 7) is 2.21. The van der Waals surface area contributed by atoms with Crippen molar-refractivity contribution in [2.24, 2.45) is 0 Å². The van der Waals surface area contributed by atoms with E-state index in [1.807, 2.05) is 6.07 Å². The topological polar surface area (TPSA) is 78.7 Å². The van der Waals surface area contributed by atoms with Crippen molar-refractivity contribution >= 4 is 23.3 Å². The minimum absolute atomic E-state index is 0.0243. The second-order valence-corrected chi connectivity index (χ2v) is 8.09. The Hall–Kier alpha value is -3.19. The molecule has 1 aromatic carbocycles. The summed E-state index contributed by atoms with van der Waals surface area (Å²) in [5.74, 6) is 1.21. The normalized spacial score (nSPS) is 14.4. The van der Waals surface area contributed by atoms with Crippen molar-refractivity contribution in [2.75, 3.05) is 44.8 Å². The van der Waals surface area contributed by atoms with Crippen LogP contribution in [0.5, 0.6) is 11.5 Å². The number of aromatic nitrogens is 1. The molecular formula is C23H24ClF3N4O3. The quantitative estimate of drug-likeness (QED) is 0.524. The number of carbonyl (C=O) groups excluding carboxylic acids is 1. The number of carbonyl (C=O) groups is 1. The summed E-state index contributed by atoms with van der Waals surface area (Å²) in [6.07, 6.45) is -2.31. The fourth-order valence-corrected chi connectivity index (χ4v) is 3.90. The molecule has 2 heterocycles. The zero-order chi connectivity index (χ0) is 24.7. The first-order valence-electron chi connectivity index (χ1n) is 10.7. The van der Waals surface area contributed by atoms with Gasteiger partial charge in [-0.25, -0.2) is 4.98 Å². The summed E-state index contributed by atoms with van der Waals surface area (Å²) < 4.78 is 49.5. The second kappa shape index (κ2) is 11.3. The summed E-state index contributed by atoms with van der Waals surface area (Å²) in [6, 6.07) is 7.78. The number of hydrogen-bond donors (Lipinski definition) is 0. The fraction of sp³-hybridized carbons (Fsp3) is 0.435. The smallest absolute Gasteiger partial charge is 0.417 e. The lowest BCUT2D eigenvalue weighted by molar-refractivity contribution is -0.137. The van der Waals surface area contributed by atoms with Crippen molar-refractivity contribution in [2.45, 2.75) is 25.4 Å². The molecule has 182 valence electrons. The van der Waals surface area contributed by atoms with Crippen LogP contribution < -0.4 is 14.4 Å². The third-order valence-electron chi connectivity index (χ3n) is 5.38. The Morgan fingerprint density at radius 1 is 1.21 bits per heavy atom. The minimum atomic E-state index is -4.51. The Kier molecular flexibility index (Phi) is 8.45. The van der Waals surface area contributed by atoms with Crippen LogP contribution in [0.2, 0.25) is 5.02 Å². The number of nitriles is 1. The molecule has 1 saturated heterocycles. The van der Waals surface area contributed by atoms with Crippen LogP contribution in [-0.4, -0.2) is 55.7 Å². The third kappa shape index (κ3) is 6.44. The van der Waals surface area contributed by atoms with Crippen LogP contribution in [0.3, 0.4) is 0 Å². The van der Waals surface area contributed by atoms with Gasteiger partial charge in [-0.05, 0) is 31.0 Å². The highest BCUT2D eigenvalue weighted by atomic mass is 35.5. The Labute approximate surface area is 200 Å². The van der Waals surface area contributed by atoms with E-state index in [4.69, 9.17) is 26.3 Å². The predicted molar refractivity (Wildman–Crippen MR) is 120 cm³/mol. The molecule has 0 saturated carbocycles. The van der Waals surface area contributed by atoms with Gasteiger partial charge >= 0.3 is 6.18 Å². The summed E-state index contributed by atoms with van der Waals surface area (Å²) in [4.78, 5) is 20.1. The van der Waals surface area contributed by atoms with Crippen molar-refractivity contribution in [3.8, 4) is 17.6 Å². The molecule has 34 heavy (non-hydrogen) atoms. The first-order valence-corrected chi connectivity index (χ1v) is 11.1. The number of pyridine rings is 1. The van der Waals surface area contributed by atoms with E-state index >= 15 is 0 Å². The van der Waals surface area contributed by atoms with Crippen molar-refractivity contribution < 1.29 is 27.4 Å². The molecule has 0 spiro atoms. The van der Waals surface area contributed by atoms with E-state index in [0.717, 1.165) is 12.3 Å². The molecule has 3 rings (SSSR count). The molecule has 0 bridgehead atoms. The summed E-state index contributed by atoms with van der Waals surface area (Å²) in [5.41, 5.74) is -0.434. The monoisotopic (exact) mass is 496 g/mol. The van der Waals surface area contributed by atoms with Crippen LogP contribution in [0.1, 0.15) is 30.4 Å². The average molecular weight is 497 g/mol. The van der Waals surface area contributed by atoms with Crippen LogP contribution in [0.4, 0.5) is 19.0 Å². The van der Waals surface area contributed by atoms with Crippen LogP contribution in [0.25, 0.3) is 0 Å². The van der Waals surface area contributed by atoms with Gasteiger partial charge < -0.3 is 19.3 Å². The van der Waals surface area contributed by atoms with Gasteiger partial charge in [0.2, 0.25) is 5.91 Å². The van der Waals surface area contributed by atoms with Gasteiger partial charge in [-0.1, -0.05) is 11.6 Å². The third-order valence-corrected chi connectivity index (χ3v) is 5.66. The van der Waals surface area contributed by atoms with Crippen LogP contribution in [-0.2, 0) is 11.0 Å². The van der Waals surface area contributed by atoms with Gasteiger partial charge in [0.15, 0.2) is 11.5 Å². The molecule has 7 nitrogen and oxygen atoms in total. The maximum atomic E-state index is 12.9. The Morgan fingerprint density at radius 3 is 2.68 bits per heavy atom. The van der Waals surface area contributed by atoms with Crippen LogP contribution >= 0.6 is 11.6 Å². The minimum Gasteiger partial charge on any atom is -0.493 e. The maximum Gasteiger partial charge on any atom is 0.417 e. The van der Waals surface area contributed by atoms with Crippen molar-refractivity contribution in [3.63, 3.8) is 0 Å². The van der Waals surface area contributed by atoms with E-state index in [0.29, 0.717) is 62.7 Å². The maximum absolute atomic E-state index is 12.9. The zero-order valence-corrected chi connectivity index (χ0v) is 19.3. The average Bonchev–Trinajstić information content (AvgIpc) is 3.07. The lowest BCUT2D eigenvalue weighted by atomic mass is 10.2. The molecule has 1 amide bonds. The molecule has 0 atom stereocenters. The van der Waals surface area contributed by atoms with E-state index in [-0.39, 0.29) is 23.2 Å². The molecule has 2 aromatic rings. The second-order valence-electron chi connectivity index (χ2n) is 7.68. The Morgan fingerprint density at radius 2 is 2.00 bits per heavy atom. The number of hydrogen-bond acceptors (Lipinski definition) is 6. The number of rotatable bonds is 7. The molecule has 0 N–H and O–H groups in total. The number of benzene rings is 1. The highest BCUT2D eigenvalue weighted by molar-refractivity contribution is 6.33. The van der Waals surface area contributed by atoms with E-state index in [1.165, 1.54) is 7.11 Å². The van der Waals surface area contributed by atoms with Gasteiger partial charge in [0.05, 0.1) is 35.9 Å². The van der Waals surface area contributed by atoms with E-state index in [1.54, 1.807) is 28.0 Å². The summed E-state index contributed by atoms with van der Waals surface area (Å²) in [5, 5.41) is 8.90. The Balaban J connectivity index is 1.49. The first-order chi connectivity index (χ1) is 16.2. The number of amides is 1. The van der Waals surface area contributed by atoms with E-state index < -0.39 is 11.7 Å². The van der Waals surface area contributed by atoms with E-state index in [9.17, 15) is 18.0 Å². The molecular weight excluding hydrogens is 473 g/mol. The largest absolute Gasteiger partial charge is 0.493 e. The molecule has 0 aliphatic carbocycles. The van der Waals surface area contributed by atoms with Gasteiger partial charge in [0, 0.05) is 44.9 Å². The van der Waals surface area contributed by atoms with Crippen molar-refractivity contribution in [3.05, 3.63) is 46.6 Å². The van der Waals surface area contributed by atoms with Gasteiger partial charge in [-0.2, -0.15) is 18.4 Å². The molecule has 1 fully saturated rings. The predicted octanol–water partition coefficient (Wildman–Crippen LogP) is 4.53. The van der Waals surface area contributed by atoms with Gasteiger partial charge in [0.25, 0.3) is 0 Å². The lowest BCUT2D eigenvalue weighted by Crippen LogP contribution is -2.35. The number of halogens is 4. The SMILES string of the molecule is COc1cc(C#N)ccc1OCCCC(=O)N1CCCN(c2ncc(C(F)(F)F)cc2Cl)CC1. The van der Waals surface area contributed by atoms with Gasteiger partial charge in [-0.15, -0.1) is 0 Å². The van der Waals surface area contributed by atoms with Gasteiger partial charge in [-0.3, -0.25) is 4.79 Å². The molecule has 0 unspecified atom stereocenters. The number of alkyl halides is 3. The molecule has 11 heteroatoms. The number of ether oxygens (including phenoxy) is 2. The highest BCUT2D eigenvalue weighted by Gasteiger charge is 2.32. The first kappa shape index (κ1) is 25.4. The van der Waals surface area contributed by atoms with Crippen LogP contribution in [0.15, 0.2) is 30.5 Å². The highest BCUT2D eigenvalue weighted by Crippen LogP contribution is 2.34. The van der Waals surface area contributed by atoms with E-state index in [2.05, 4.69) is 4.98 Å². The zero-order valence-electron chi connectivity index (χ0n) is 18.6. The molecule has 1 aliphatic heterocycles. The standard InChI is InChI=1S/C23H24ClF3N4O3/c1-33-20-12-16(14-28)5-6-19(20)34-11-2-4-21(32)30-7-3-8-31(10-9-30)22-18(24)13-17(15-29-22)23(25,26)27/h5-6,12-13,15H,2-4,7-11H2,1H3. The van der Waals surface area contributed by atoms with Crippen LogP contribution in [0, 0.1) is 11.3 Å². The summed E-state index contributed by atoms with van der Waals surface area (Å²) >= 11 is 6.07. The molecule has 0 radical (unpaired) electrons. The summed E-state index contributed by atoms with van der Waals surface area (Å²) in [7, 11) is 1.49. The Bertz CT molecular complexity index is 1060. The van der Waals surface area contributed by atoms with Gasteiger partial charge in [0.1, 0.15) is 5.82 Å². The number of methoxy groups -OCH3 is 1. The fourth-order valence-electron chi connectivity index (χ4n) is 3.62. The van der Waals surface area contributed by atoms with Crippen molar-refractivity contribution in [1.29, 1.82) is 5.26 Å². The van der Waals surface area contributed by atoms with Crippen molar-refractivity contribution in [1.82, 2.24) is 9.88 Å². The lowest BCUT2D eigenvalue weighted by Gasteiger charge is -2.24. The molecule has 1 aliphatic rings. The number of anilines is 1. The molecule has 1 aromatic heterocycles. The number of nitrogens with zero attached hydrogens (tertiary/aromatic N) is 4.